The number of aryl methyl sites for hydroxylation is 1. The van der Waals surface area contributed by atoms with Crippen LogP contribution >= 0.6 is 46.9 Å². The van der Waals surface area contributed by atoms with Crippen molar-refractivity contribution >= 4 is 69.8 Å². The topological polar surface area (TPSA) is 137 Å². The summed E-state index contributed by atoms with van der Waals surface area (Å²) >= 11 is 13.7. The average Bonchev–Trinajstić information content (AvgIpc) is 3.13. The summed E-state index contributed by atoms with van der Waals surface area (Å²) in [6.07, 6.45) is 4.16. The molecule has 28 heavy (non-hydrogen) atoms. The minimum atomic E-state index is -0.580. The van der Waals surface area contributed by atoms with E-state index >= 15 is 0 Å². The van der Waals surface area contributed by atoms with Crippen LogP contribution in [0.1, 0.15) is 17.5 Å². The van der Waals surface area contributed by atoms with E-state index in [1.54, 1.807) is 4.40 Å². The van der Waals surface area contributed by atoms with E-state index in [-0.39, 0.29) is 34.1 Å². The van der Waals surface area contributed by atoms with Crippen molar-refractivity contribution in [2.24, 2.45) is 21.7 Å². The molecule has 4 N–H and O–H groups in total. The van der Waals surface area contributed by atoms with Gasteiger partial charge in [0.2, 0.25) is 5.96 Å². The Morgan fingerprint density at radius 2 is 2.11 bits per heavy atom. The largest absolute Gasteiger partial charge is 0.369 e. The number of hydrogen-bond donors (Lipinski definition) is 2. The lowest BCUT2D eigenvalue weighted by Crippen LogP contribution is -2.21. The Hall–Kier alpha value is -2.40. The van der Waals surface area contributed by atoms with Gasteiger partial charge in [-0.3, -0.25) is 14.5 Å². The Bertz CT molecular complexity index is 1100. The number of thiazole rings is 1. The summed E-state index contributed by atoms with van der Waals surface area (Å²) in [6.45, 7) is 2.03. The molecule has 1 aromatic carbocycles. The minimum absolute atomic E-state index is 0. The molecule has 0 fully saturated rings. The van der Waals surface area contributed by atoms with Crippen molar-refractivity contribution in [2.75, 3.05) is 0 Å². The molecule has 0 unspecified atom stereocenters. The van der Waals surface area contributed by atoms with Gasteiger partial charge in [0.1, 0.15) is 10.7 Å². The molecule has 0 radical (unpaired) electrons. The lowest BCUT2D eigenvalue weighted by molar-refractivity contribution is -0.384. The van der Waals surface area contributed by atoms with Crippen molar-refractivity contribution in [3.8, 4) is 11.3 Å². The third kappa shape index (κ3) is 4.20. The van der Waals surface area contributed by atoms with E-state index in [0.29, 0.717) is 21.9 Å². The number of nitrogens with zero attached hydrogens (tertiary/aromatic N) is 5. The van der Waals surface area contributed by atoms with Gasteiger partial charge in [-0.15, -0.1) is 28.8 Å². The van der Waals surface area contributed by atoms with Crippen molar-refractivity contribution in [1.29, 1.82) is 0 Å². The maximum atomic E-state index is 11.2. The third-order valence-corrected chi connectivity index (χ3v) is 5.34. The molecule has 0 saturated heterocycles. The molecule has 2 aromatic heterocycles. The number of halogens is 3. The lowest BCUT2D eigenvalue weighted by atomic mass is 10.1. The highest BCUT2D eigenvalue weighted by molar-refractivity contribution is 7.17. The second-order valence-electron chi connectivity index (χ2n) is 5.36. The number of nitrogens with two attached hydrogens (primary N) is 2. The Morgan fingerprint density at radius 1 is 1.39 bits per heavy atom. The number of aromatic nitrogens is 2. The van der Waals surface area contributed by atoms with Gasteiger partial charge in [0, 0.05) is 22.7 Å². The van der Waals surface area contributed by atoms with E-state index in [1.807, 2.05) is 13.1 Å². The lowest BCUT2D eigenvalue weighted by Gasteiger charge is -2.04. The van der Waals surface area contributed by atoms with Crippen LogP contribution in [0.15, 0.2) is 28.5 Å². The third-order valence-electron chi connectivity index (χ3n) is 3.60. The Labute approximate surface area is 179 Å². The Morgan fingerprint density at radius 3 is 2.71 bits per heavy atom. The first-order valence-electron chi connectivity index (χ1n) is 7.58. The average molecular weight is 463 g/mol. The molecule has 0 bridgehead atoms. The highest BCUT2D eigenvalue weighted by atomic mass is 35.5. The van der Waals surface area contributed by atoms with E-state index in [4.69, 9.17) is 34.7 Å². The van der Waals surface area contributed by atoms with Crippen LogP contribution in [0.2, 0.25) is 10.0 Å². The zero-order chi connectivity index (χ0) is 19.7. The fourth-order valence-electron chi connectivity index (χ4n) is 2.40. The summed E-state index contributed by atoms with van der Waals surface area (Å²) in [5, 5.41) is 18.8. The molecule has 0 aliphatic heterocycles. The van der Waals surface area contributed by atoms with E-state index in [0.717, 1.165) is 11.3 Å². The first-order chi connectivity index (χ1) is 12.8. The van der Waals surface area contributed by atoms with Crippen LogP contribution in [-0.4, -0.2) is 26.5 Å². The van der Waals surface area contributed by atoms with Crippen molar-refractivity contribution in [2.45, 2.75) is 13.3 Å². The maximum absolute atomic E-state index is 11.2. The van der Waals surface area contributed by atoms with Gasteiger partial charge in [-0.25, -0.2) is 4.98 Å². The Kier molecular flexibility index (Phi) is 6.83. The van der Waals surface area contributed by atoms with Crippen LogP contribution in [0.25, 0.3) is 16.2 Å². The van der Waals surface area contributed by atoms with Crippen molar-refractivity contribution < 1.29 is 4.92 Å². The molecule has 0 atom stereocenters. The standard InChI is InChI=1S/C15H13Cl2N7O2S.ClH/c1-2-7-6-23-12(5-20-22-14(18)19)13(21-15(23)27-7)8-3-11(24(25)26)10(17)4-9(8)16;/h3-6H,2H2,1H3,(H4,18,19,22);1H/b20-5+;. The molecule has 13 heteroatoms. The molecule has 0 amide bonds. The number of nitro groups is 1. The fourth-order valence-corrected chi connectivity index (χ4v) is 3.87. The first kappa shape index (κ1) is 21.9. The monoisotopic (exact) mass is 461 g/mol. The van der Waals surface area contributed by atoms with Gasteiger partial charge in [0.05, 0.1) is 21.9 Å². The zero-order valence-corrected chi connectivity index (χ0v) is 17.4. The molecule has 9 nitrogen and oxygen atoms in total. The van der Waals surface area contributed by atoms with Crippen molar-refractivity contribution in [3.05, 3.63) is 49.1 Å². The van der Waals surface area contributed by atoms with Gasteiger partial charge in [-0.1, -0.05) is 30.1 Å². The number of hydrogen-bond acceptors (Lipinski definition) is 6. The fraction of sp³-hybridized carbons (Fsp3) is 0.133. The van der Waals surface area contributed by atoms with Gasteiger partial charge in [-0.2, -0.15) is 5.10 Å². The van der Waals surface area contributed by atoms with Crippen molar-refractivity contribution in [1.82, 2.24) is 9.38 Å². The predicted molar refractivity (Wildman–Crippen MR) is 115 cm³/mol. The van der Waals surface area contributed by atoms with Gasteiger partial charge < -0.3 is 11.5 Å². The molecule has 0 aliphatic carbocycles. The summed E-state index contributed by atoms with van der Waals surface area (Å²) in [6, 6.07) is 2.61. The van der Waals surface area contributed by atoms with Crippen molar-refractivity contribution in [3.63, 3.8) is 0 Å². The number of fused-ring (bicyclic) bond motifs is 1. The van der Waals surface area contributed by atoms with Crippen LogP contribution in [0.4, 0.5) is 5.69 Å². The molecule has 3 aromatic rings. The van der Waals surface area contributed by atoms with E-state index in [2.05, 4.69) is 15.2 Å². The number of imidazole rings is 1. The number of benzene rings is 1. The summed E-state index contributed by atoms with van der Waals surface area (Å²) in [4.78, 5) is 17.0. The highest BCUT2D eigenvalue weighted by Crippen LogP contribution is 2.38. The molecule has 0 saturated carbocycles. The zero-order valence-electron chi connectivity index (χ0n) is 14.3. The van der Waals surface area contributed by atoms with Crippen LogP contribution in [-0.2, 0) is 6.42 Å². The summed E-state index contributed by atoms with van der Waals surface area (Å²) in [5.41, 5.74) is 11.6. The second kappa shape index (κ2) is 8.74. The Balaban J connectivity index is 0.00000280. The molecule has 148 valence electrons. The van der Waals surface area contributed by atoms with Crippen LogP contribution in [0, 0.1) is 10.1 Å². The maximum Gasteiger partial charge on any atom is 0.288 e. The van der Waals surface area contributed by atoms with Gasteiger partial charge in [-0.05, 0) is 12.5 Å². The molecular weight excluding hydrogens is 449 g/mol. The SMILES string of the molecule is CCc1cn2c(/C=N/N=C(N)N)c(-c3cc([N+](=O)[O-])c(Cl)cc3Cl)nc2s1.Cl. The molecule has 3 rings (SSSR count). The van der Waals surface area contributed by atoms with E-state index in [9.17, 15) is 10.1 Å². The van der Waals surface area contributed by atoms with Gasteiger partial charge in [0.15, 0.2) is 4.96 Å². The molecular formula is C15H14Cl3N7O2S. The van der Waals surface area contributed by atoms with Gasteiger partial charge in [0.25, 0.3) is 5.69 Å². The quantitative estimate of drug-likeness (QED) is 0.256. The summed E-state index contributed by atoms with van der Waals surface area (Å²) in [7, 11) is 0. The molecule has 2 heterocycles. The predicted octanol–water partition coefficient (Wildman–Crippen LogP) is 3.87. The second-order valence-corrected chi connectivity index (χ2v) is 7.27. The highest BCUT2D eigenvalue weighted by Gasteiger charge is 2.22. The molecule has 0 aliphatic rings. The summed E-state index contributed by atoms with van der Waals surface area (Å²) in [5.74, 6) is -0.201. The number of nitro benzene ring substituents is 1. The van der Waals surface area contributed by atoms with E-state index < -0.39 is 4.92 Å². The van der Waals surface area contributed by atoms with Crippen LogP contribution < -0.4 is 11.5 Å². The van der Waals surface area contributed by atoms with E-state index in [1.165, 1.54) is 29.7 Å². The smallest absolute Gasteiger partial charge is 0.288 e. The van der Waals surface area contributed by atoms with Crippen LogP contribution in [0.5, 0.6) is 0 Å². The first-order valence-corrected chi connectivity index (χ1v) is 9.15. The summed E-state index contributed by atoms with van der Waals surface area (Å²) < 4.78 is 1.81. The minimum Gasteiger partial charge on any atom is -0.369 e. The van der Waals surface area contributed by atoms with Gasteiger partial charge >= 0.3 is 0 Å². The van der Waals surface area contributed by atoms with Crippen LogP contribution in [0.3, 0.4) is 0 Å². The number of rotatable bonds is 5. The normalized spacial score (nSPS) is 11.0. The number of guanidine groups is 1. The molecule has 0 spiro atoms.